The fraction of sp³-hybridized carbons (Fsp3) is 0.0714. The molecule has 4 nitrogen and oxygen atoms in total. The Kier molecular flexibility index (Phi) is 3.87. The number of nitrogens with zero attached hydrogens (tertiary/aromatic N) is 1. The van der Waals surface area contributed by atoms with Crippen molar-refractivity contribution < 1.29 is 9.66 Å². The fourth-order valence-corrected chi connectivity index (χ4v) is 1.92. The second kappa shape index (κ2) is 5.58. The summed E-state index contributed by atoms with van der Waals surface area (Å²) < 4.78 is 5.08. The van der Waals surface area contributed by atoms with E-state index in [4.69, 9.17) is 17.0 Å². The summed E-state index contributed by atoms with van der Waals surface area (Å²) in [6.07, 6.45) is 0. The standard InChI is InChI=1S/C14H11NO3S/c1-18-13-8-4-11(5-9-13)14(19)10-2-6-12(7-3-10)15(16)17/h2-9H,1H3. The molecule has 19 heavy (non-hydrogen) atoms. The molecule has 0 aliphatic carbocycles. The Morgan fingerprint density at radius 3 is 1.95 bits per heavy atom. The van der Waals surface area contributed by atoms with Crippen LogP contribution in [0, 0.1) is 10.1 Å². The van der Waals surface area contributed by atoms with Crippen molar-refractivity contribution in [2.45, 2.75) is 0 Å². The monoisotopic (exact) mass is 273 g/mol. The molecule has 0 amide bonds. The minimum Gasteiger partial charge on any atom is -0.497 e. The largest absolute Gasteiger partial charge is 0.497 e. The van der Waals surface area contributed by atoms with Gasteiger partial charge in [-0.25, -0.2) is 0 Å². The second-order valence-electron chi connectivity index (χ2n) is 3.86. The number of thiocarbonyl (C=S) groups is 1. The van der Waals surface area contributed by atoms with E-state index in [1.165, 1.54) is 12.1 Å². The Labute approximate surface area is 115 Å². The Balaban J connectivity index is 2.25. The zero-order valence-corrected chi connectivity index (χ0v) is 11.0. The van der Waals surface area contributed by atoms with Gasteiger partial charge < -0.3 is 4.74 Å². The smallest absolute Gasteiger partial charge is 0.269 e. The SMILES string of the molecule is COc1ccc(C(=S)c2ccc([N+](=O)[O-])cc2)cc1. The summed E-state index contributed by atoms with van der Waals surface area (Å²) in [4.78, 5) is 10.8. The Morgan fingerprint density at radius 1 is 1.05 bits per heavy atom. The van der Waals surface area contributed by atoms with Crippen LogP contribution < -0.4 is 4.74 Å². The molecule has 0 saturated carbocycles. The molecule has 2 rings (SSSR count). The normalized spacial score (nSPS) is 9.95. The fourth-order valence-electron chi connectivity index (χ4n) is 1.64. The summed E-state index contributed by atoms with van der Waals surface area (Å²) in [7, 11) is 1.60. The molecule has 96 valence electrons. The minimum atomic E-state index is -0.430. The highest BCUT2D eigenvalue weighted by atomic mass is 32.1. The first-order valence-electron chi connectivity index (χ1n) is 5.55. The average Bonchev–Trinajstić information content (AvgIpc) is 2.46. The van der Waals surface area contributed by atoms with E-state index < -0.39 is 4.92 Å². The Bertz CT molecular complexity index is 606. The molecular weight excluding hydrogens is 262 g/mol. The molecule has 2 aromatic carbocycles. The summed E-state index contributed by atoms with van der Waals surface area (Å²) in [5.41, 5.74) is 1.72. The molecule has 5 heteroatoms. The van der Waals surface area contributed by atoms with Gasteiger partial charge in [-0.15, -0.1) is 0 Å². The third-order valence-electron chi connectivity index (χ3n) is 2.69. The molecule has 0 aliphatic heterocycles. The van der Waals surface area contributed by atoms with Crippen LogP contribution in [-0.4, -0.2) is 16.9 Å². The van der Waals surface area contributed by atoms with Crippen molar-refractivity contribution in [3.8, 4) is 5.75 Å². The molecule has 0 unspecified atom stereocenters. The van der Waals surface area contributed by atoms with E-state index in [1.807, 2.05) is 24.3 Å². The van der Waals surface area contributed by atoms with Crippen molar-refractivity contribution in [2.24, 2.45) is 0 Å². The lowest BCUT2D eigenvalue weighted by molar-refractivity contribution is -0.384. The summed E-state index contributed by atoms with van der Waals surface area (Å²) in [5.74, 6) is 0.759. The highest BCUT2D eigenvalue weighted by molar-refractivity contribution is 7.81. The number of nitro benzene ring substituents is 1. The van der Waals surface area contributed by atoms with Gasteiger partial charge in [0.25, 0.3) is 5.69 Å². The van der Waals surface area contributed by atoms with Gasteiger partial charge in [-0.2, -0.15) is 0 Å². The lowest BCUT2D eigenvalue weighted by atomic mass is 10.0. The van der Waals surface area contributed by atoms with E-state index in [1.54, 1.807) is 19.2 Å². The van der Waals surface area contributed by atoms with Crippen LogP contribution in [0.2, 0.25) is 0 Å². The van der Waals surface area contributed by atoms with Crippen LogP contribution in [0.3, 0.4) is 0 Å². The summed E-state index contributed by atoms with van der Waals surface area (Å²) >= 11 is 5.36. The van der Waals surface area contributed by atoms with E-state index >= 15 is 0 Å². The number of rotatable bonds is 4. The van der Waals surface area contributed by atoms with Crippen LogP contribution in [0.25, 0.3) is 0 Å². The number of hydrogen-bond acceptors (Lipinski definition) is 4. The quantitative estimate of drug-likeness (QED) is 0.371. The van der Waals surface area contributed by atoms with Gasteiger partial charge in [0, 0.05) is 12.1 Å². The molecular formula is C14H11NO3S. The van der Waals surface area contributed by atoms with Crippen molar-refractivity contribution in [2.75, 3.05) is 7.11 Å². The van der Waals surface area contributed by atoms with Gasteiger partial charge in [0.15, 0.2) is 0 Å². The topological polar surface area (TPSA) is 52.4 Å². The first kappa shape index (κ1) is 13.2. The van der Waals surface area contributed by atoms with E-state index in [2.05, 4.69) is 0 Å². The zero-order valence-electron chi connectivity index (χ0n) is 10.2. The third kappa shape index (κ3) is 2.95. The molecule has 2 aromatic rings. The second-order valence-corrected chi connectivity index (χ2v) is 4.27. The van der Waals surface area contributed by atoms with Gasteiger partial charge in [0.1, 0.15) is 5.75 Å². The van der Waals surface area contributed by atoms with Crippen LogP contribution >= 0.6 is 12.2 Å². The number of hydrogen-bond donors (Lipinski definition) is 0. The number of methoxy groups -OCH3 is 1. The molecule has 0 bridgehead atoms. The molecule has 0 radical (unpaired) electrons. The number of benzene rings is 2. The van der Waals surface area contributed by atoms with Crippen LogP contribution in [0.1, 0.15) is 11.1 Å². The first-order chi connectivity index (χ1) is 9.11. The predicted molar refractivity (Wildman–Crippen MR) is 76.9 cm³/mol. The average molecular weight is 273 g/mol. The van der Waals surface area contributed by atoms with Crippen molar-refractivity contribution in [1.29, 1.82) is 0 Å². The van der Waals surface area contributed by atoms with Crippen molar-refractivity contribution >= 4 is 22.8 Å². The van der Waals surface area contributed by atoms with Crippen molar-refractivity contribution in [1.82, 2.24) is 0 Å². The van der Waals surface area contributed by atoms with Crippen molar-refractivity contribution in [3.05, 3.63) is 69.8 Å². The van der Waals surface area contributed by atoms with Gasteiger partial charge in [0.05, 0.1) is 16.9 Å². The van der Waals surface area contributed by atoms with Crippen molar-refractivity contribution in [3.63, 3.8) is 0 Å². The zero-order chi connectivity index (χ0) is 13.8. The molecule has 0 aromatic heterocycles. The Morgan fingerprint density at radius 2 is 1.53 bits per heavy atom. The molecule has 0 spiro atoms. The number of non-ortho nitro benzene ring substituents is 1. The molecule has 0 aliphatic rings. The van der Waals surface area contributed by atoms with Gasteiger partial charge in [-0.3, -0.25) is 10.1 Å². The first-order valence-corrected chi connectivity index (χ1v) is 5.96. The maximum Gasteiger partial charge on any atom is 0.269 e. The van der Waals surface area contributed by atoms with Crippen LogP contribution in [0.4, 0.5) is 5.69 Å². The van der Waals surface area contributed by atoms with Crippen LogP contribution in [0.5, 0.6) is 5.75 Å². The maximum absolute atomic E-state index is 10.6. The maximum atomic E-state index is 10.6. The highest BCUT2D eigenvalue weighted by Gasteiger charge is 2.08. The van der Waals surface area contributed by atoms with E-state index in [-0.39, 0.29) is 5.69 Å². The lowest BCUT2D eigenvalue weighted by Crippen LogP contribution is -2.00. The molecule has 0 heterocycles. The van der Waals surface area contributed by atoms with E-state index in [0.717, 1.165) is 16.9 Å². The van der Waals surface area contributed by atoms with Crippen LogP contribution in [0.15, 0.2) is 48.5 Å². The molecule has 0 atom stereocenters. The third-order valence-corrected chi connectivity index (χ3v) is 3.16. The van der Waals surface area contributed by atoms with Crippen LogP contribution in [-0.2, 0) is 0 Å². The van der Waals surface area contributed by atoms with Gasteiger partial charge >= 0.3 is 0 Å². The van der Waals surface area contributed by atoms with Gasteiger partial charge in [-0.1, -0.05) is 12.2 Å². The van der Waals surface area contributed by atoms with E-state index in [0.29, 0.717) is 4.86 Å². The summed E-state index contributed by atoms with van der Waals surface area (Å²) in [6, 6.07) is 13.6. The predicted octanol–water partition coefficient (Wildman–Crippen LogP) is 3.37. The minimum absolute atomic E-state index is 0.0567. The highest BCUT2D eigenvalue weighted by Crippen LogP contribution is 2.18. The number of nitro groups is 1. The van der Waals surface area contributed by atoms with E-state index in [9.17, 15) is 10.1 Å². The molecule has 0 N–H and O–H groups in total. The molecule has 0 fully saturated rings. The van der Waals surface area contributed by atoms with Gasteiger partial charge in [0.2, 0.25) is 0 Å². The van der Waals surface area contributed by atoms with Gasteiger partial charge in [-0.05, 0) is 47.5 Å². The Hall–Kier alpha value is -2.27. The lowest BCUT2D eigenvalue weighted by Gasteiger charge is -2.05. The summed E-state index contributed by atoms with van der Waals surface area (Å²) in [5, 5.41) is 10.6. The summed E-state index contributed by atoms with van der Waals surface area (Å²) in [6.45, 7) is 0. The number of ether oxygens (including phenoxy) is 1. The molecule has 0 saturated heterocycles.